The van der Waals surface area contributed by atoms with Crippen LogP contribution in [0.15, 0.2) is 29.2 Å². The summed E-state index contributed by atoms with van der Waals surface area (Å²) in [4.78, 5) is 0.174. The lowest BCUT2D eigenvalue weighted by Crippen LogP contribution is -2.28. The molecule has 0 atom stereocenters. The van der Waals surface area contributed by atoms with E-state index in [2.05, 4.69) is 13.8 Å². The van der Waals surface area contributed by atoms with Crippen molar-refractivity contribution in [2.24, 2.45) is 5.92 Å². The molecule has 0 unspecified atom stereocenters. The molecule has 0 bridgehead atoms. The van der Waals surface area contributed by atoms with Gasteiger partial charge >= 0.3 is 0 Å². The van der Waals surface area contributed by atoms with Crippen LogP contribution in [0.2, 0.25) is 0 Å². The Balaban J connectivity index is 2.95. The molecule has 4 nitrogen and oxygen atoms in total. The van der Waals surface area contributed by atoms with Gasteiger partial charge in [0.25, 0.3) is 0 Å². The molecule has 0 aliphatic heterocycles. The minimum absolute atomic E-state index is 0.174. The monoisotopic (exact) mass is 266 g/mol. The number of nitrogens with zero attached hydrogens (tertiary/aromatic N) is 2. The number of hydrogen-bond donors (Lipinski definition) is 0. The summed E-state index contributed by atoms with van der Waals surface area (Å²) in [5.41, 5.74) is 0.355. The summed E-state index contributed by atoms with van der Waals surface area (Å²) in [5, 5.41) is 8.78. The van der Waals surface area contributed by atoms with E-state index >= 15 is 0 Å². The molecule has 18 heavy (non-hydrogen) atoms. The van der Waals surface area contributed by atoms with Crippen molar-refractivity contribution in [2.75, 3.05) is 13.6 Å². The molecule has 0 aromatic heterocycles. The van der Waals surface area contributed by atoms with Crippen LogP contribution in [-0.4, -0.2) is 26.3 Å². The maximum Gasteiger partial charge on any atom is 0.242 e. The zero-order valence-corrected chi connectivity index (χ0v) is 11.7. The van der Waals surface area contributed by atoms with E-state index in [1.807, 2.05) is 6.07 Å². The number of rotatable bonds is 5. The zero-order chi connectivity index (χ0) is 13.8. The van der Waals surface area contributed by atoms with Gasteiger partial charge in [-0.25, -0.2) is 12.7 Å². The van der Waals surface area contributed by atoms with Crippen molar-refractivity contribution in [1.29, 1.82) is 5.26 Å². The highest BCUT2D eigenvalue weighted by atomic mass is 32.2. The minimum Gasteiger partial charge on any atom is -0.207 e. The maximum atomic E-state index is 12.2. The largest absolute Gasteiger partial charge is 0.242 e. The molecular weight excluding hydrogens is 248 g/mol. The third-order valence-corrected chi connectivity index (χ3v) is 4.55. The van der Waals surface area contributed by atoms with E-state index in [1.165, 1.54) is 16.4 Å². The summed E-state index contributed by atoms with van der Waals surface area (Å²) in [5.74, 6) is 0.452. The SMILES string of the molecule is CC(C)CCN(C)S(=O)(=O)c1cccc(C#N)c1. The Kier molecular flexibility index (Phi) is 4.88. The Hall–Kier alpha value is -1.38. The molecule has 0 spiro atoms. The highest BCUT2D eigenvalue weighted by Crippen LogP contribution is 2.16. The topological polar surface area (TPSA) is 61.2 Å². The van der Waals surface area contributed by atoms with Crippen LogP contribution in [0.5, 0.6) is 0 Å². The van der Waals surface area contributed by atoms with Gasteiger partial charge in [0.05, 0.1) is 16.5 Å². The van der Waals surface area contributed by atoms with Crippen LogP contribution >= 0.6 is 0 Å². The van der Waals surface area contributed by atoms with Crippen LogP contribution in [0.1, 0.15) is 25.8 Å². The molecule has 5 heteroatoms. The fourth-order valence-corrected chi connectivity index (χ4v) is 2.70. The van der Waals surface area contributed by atoms with E-state index in [9.17, 15) is 8.42 Å². The van der Waals surface area contributed by atoms with Gasteiger partial charge in [0.2, 0.25) is 10.0 Å². The van der Waals surface area contributed by atoms with Crippen LogP contribution in [0, 0.1) is 17.2 Å². The summed E-state index contributed by atoms with van der Waals surface area (Å²) in [6.07, 6.45) is 0.813. The lowest BCUT2D eigenvalue weighted by molar-refractivity contribution is 0.428. The molecule has 0 amide bonds. The lowest BCUT2D eigenvalue weighted by Gasteiger charge is -2.18. The first-order chi connectivity index (χ1) is 8.37. The van der Waals surface area contributed by atoms with Crippen molar-refractivity contribution in [2.45, 2.75) is 25.2 Å². The van der Waals surface area contributed by atoms with Gasteiger partial charge in [-0.1, -0.05) is 19.9 Å². The molecule has 0 fully saturated rings. The second kappa shape index (κ2) is 5.98. The molecule has 0 radical (unpaired) electrons. The Morgan fingerprint density at radius 1 is 1.39 bits per heavy atom. The molecule has 0 aliphatic carbocycles. The third-order valence-electron chi connectivity index (χ3n) is 2.69. The second-order valence-corrected chi connectivity index (χ2v) is 6.69. The predicted octanol–water partition coefficient (Wildman–Crippen LogP) is 2.22. The van der Waals surface area contributed by atoms with E-state index in [0.29, 0.717) is 18.0 Å². The van der Waals surface area contributed by atoms with Gasteiger partial charge in [-0.15, -0.1) is 0 Å². The Labute approximate surface area is 109 Å². The quantitative estimate of drug-likeness (QED) is 0.821. The zero-order valence-electron chi connectivity index (χ0n) is 10.9. The van der Waals surface area contributed by atoms with Crippen molar-refractivity contribution in [1.82, 2.24) is 4.31 Å². The van der Waals surface area contributed by atoms with Gasteiger partial charge in [0.1, 0.15) is 0 Å². The molecule has 1 rings (SSSR count). The van der Waals surface area contributed by atoms with Crippen LogP contribution < -0.4 is 0 Å². The summed E-state index contributed by atoms with van der Waals surface area (Å²) >= 11 is 0. The smallest absolute Gasteiger partial charge is 0.207 e. The van der Waals surface area contributed by atoms with Crippen molar-refractivity contribution < 1.29 is 8.42 Å². The first kappa shape index (κ1) is 14.7. The highest BCUT2D eigenvalue weighted by molar-refractivity contribution is 7.89. The number of nitriles is 1. The average molecular weight is 266 g/mol. The van der Waals surface area contributed by atoms with Gasteiger partial charge < -0.3 is 0 Å². The van der Waals surface area contributed by atoms with Crippen LogP contribution in [0.25, 0.3) is 0 Å². The first-order valence-corrected chi connectivity index (χ1v) is 7.28. The molecule has 98 valence electrons. The van der Waals surface area contributed by atoms with Gasteiger partial charge in [-0.05, 0) is 30.5 Å². The maximum absolute atomic E-state index is 12.2. The Bertz CT molecular complexity index is 544. The summed E-state index contributed by atoms with van der Waals surface area (Å²) in [6.45, 7) is 4.59. The van der Waals surface area contributed by atoms with E-state index in [4.69, 9.17) is 5.26 Å². The molecule has 1 aromatic rings. The normalized spacial score (nSPS) is 11.8. The van der Waals surface area contributed by atoms with E-state index in [1.54, 1.807) is 19.2 Å². The standard InChI is InChI=1S/C13H18N2O2S/c1-11(2)7-8-15(3)18(16,17)13-6-4-5-12(9-13)10-14/h4-6,9,11H,7-8H2,1-3H3. The Morgan fingerprint density at radius 2 is 2.06 bits per heavy atom. The minimum atomic E-state index is -3.49. The van der Waals surface area contributed by atoms with E-state index in [-0.39, 0.29) is 4.90 Å². The van der Waals surface area contributed by atoms with Crippen molar-refractivity contribution in [3.05, 3.63) is 29.8 Å². The summed E-state index contributed by atoms with van der Waals surface area (Å²) in [6, 6.07) is 8.04. The van der Waals surface area contributed by atoms with Crippen molar-refractivity contribution in [3.63, 3.8) is 0 Å². The second-order valence-electron chi connectivity index (χ2n) is 4.65. The Morgan fingerprint density at radius 3 is 2.61 bits per heavy atom. The predicted molar refractivity (Wildman–Crippen MR) is 70.4 cm³/mol. The van der Waals surface area contributed by atoms with Gasteiger partial charge in [0.15, 0.2) is 0 Å². The molecular formula is C13H18N2O2S. The van der Waals surface area contributed by atoms with E-state index in [0.717, 1.165) is 6.42 Å². The molecule has 0 saturated heterocycles. The summed E-state index contributed by atoms with van der Waals surface area (Å²) < 4.78 is 25.8. The van der Waals surface area contributed by atoms with Crippen LogP contribution in [0.3, 0.4) is 0 Å². The molecule has 0 aliphatic rings. The fourth-order valence-electron chi connectivity index (χ4n) is 1.47. The molecule has 0 saturated carbocycles. The number of benzene rings is 1. The summed E-state index contributed by atoms with van der Waals surface area (Å²) in [7, 11) is -1.92. The average Bonchev–Trinajstić information content (AvgIpc) is 2.35. The van der Waals surface area contributed by atoms with E-state index < -0.39 is 10.0 Å². The van der Waals surface area contributed by atoms with Gasteiger partial charge in [0, 0.05) is 13.6 Å². The fraction of sp³-hybridized carbons (Fsp3) is 0.462. The van der Waals surface area contributed by atoms with Crippen LogP contribution in [0.4, 0.5) is 0 Å². The highest BCUT2D eigenvalue weighted by Gasteiger charge is 2.20. The number of sulfonamides is 1. The molecule has 1 aromatic carbocycles. The van der Waals surface area contributed by atoms with Crippen LogP contribution in [-0.2, 0) is 10.0 Å². The molecule has 0 heterocycles. The first-order valence-electron chi connectivity index (χ1n) is 5.84. The van der Waals surface area contributed by atoms with Gasteiger partial charge in [-0.3, -0.25) is 0 Å². The third kappa shape index (κ3) is 3.56. The lowest BCUT2D eigenvalue weighted by atomic mass is 10.1. The van der Waals surface area contributed by atoms with Crippen molar-refractivity contribution >= 4 is 10.0 Å². The number of hydrogen-bond acceptors (Lipinski definition) is 3. The van der Waals surface area contributed by atoms with Crippen molar-refractivity contribution in [3.8, 4) is 6.07 Å². The molecule has 0 N–H and O–H groups in total. The van der Waals surface area contributed by atoms with Gasteiger partial charge in [-0.2, -0.15) is 5.26 Å².